The quantitative estimate of drug-likeness (QED) is 0.776. The molecule has 4 heteroatoms. The highest BCUT2D eigenvalue weighted by Gasteiger charge is 2.26. The lowest BCUT2D eigenvalue weighted by Gasteiger charge is -2.23. The Kier molecular flexibility index (Phi) is 4.08. The molecule has 0 saturated carbocycles. The third-order valence-electron chi connectivity index (χ3n) is 3.79. The standard InChI is InChI=1S/C19H18N2O2/c1-19(23,15-7-3-2-4-8-15)13-18(22)21-16-9-10-17-14(12-16)6-5-11-20-17/h2-12,23H,13H2,1H3,(H,21,22). The monoisotopic (exact) mass is 306 g/mol. The molecule has 116 valence electrons. The van der Waals surface area contributed by atoms with Gasteiger partial charge in [0.25, 0.3) is 0 Å². The summed E-state index contributed by atoms with van der Waals surface area (Å²) in [6.07, 6.45) is 1.72. The first-order valence-corrected chi connectivity index (χ1v) is 7.47. The highest BCUT2D eigenvalue weighted by Crippen LogP contribution is 2.25. The van der Waals surface area contributed by atoms with Crippen LogP contribution >= 0.6 is 0 Å². The number of hydrogen-bond acceptors (Lipinski definition) is 3. The van der Waals surface area contributed by atoms with Crippen LogP contribution < -0.4 is 5.32 Å². The van der Waals surface area contributed by atoms with Crippen LogP contribution in [0.25, 0.3) is 10.9 Å². The van der Waals surface area contributed by atoms with E-state index in [9.17, 15) is 9.90 Å². The summed E-state index contributed by atoms with van der Waals surface area (Å²) >= 11 is 0. The maximum atomic E-state index is 12.3. The molecule has 4 nitrogen and oxygen atoms in total. The number of rotatable bonds is 4. The second kappa shape index (κ2) is 6.18. The summed E-state index contributed by atoms with van der Waals surface area (Å²) in [7, 11) is 0. The second-order valence-corrected chi connectivity index (χ2v) is 5.78. The number of amides is 1. The lowest BCUT2D eigenvalue weighted by atomic mass is 9.92. The second-order valence-electron chi connectivity index (χ2n) is 5.78. The maximum Gasteiger partial charge on any atom is 0.227 e. The molecule has 2 N–H and O–H groups in total. The lowest BCUT2D eigenvalue weighted by molar-refractivity contribution is -0.120. The summed E-state index contributed by atoms with van der Waals surface area (Å²) in [5.74, 6) is -0.234. The summed E-state index contributed by atoms with van der Waals surface area (Å²) in [6.45, 7) is 1.65. The van der Waals surface area contributed by atoms with Gasteiger partial charge < -0.3 is 10.4 Å². The topological polar surface area (TPSA) is 62.2 Å². The summed E-state index contributed by atoms with van der Waals surface area (Å²) in [5.41, 5.74) is 1.09. The Morgan fingerprint density at radius 3 is 2.70 bits per heavy atom. The molecule has 3 aromatic rings. The molecule has 1 heterocycles. The van der Waals surface area contributed by atoms with Gasteiger partial charge in [-0.25, -0.2) is 0 Å². The van der Waals surface area contributed by atoms with E-state index in [1.165, 1.54) is 0 Å². The number of carbonyl (C=O) groups is 1. The summed E-state index contributed by atoms with van der Waals surface area (Å²) in [4.78, 5) is 16.5. The molecule has 0 aliphatic rings. The minimum atomic E-state index is -1.20. The van der Waals surface area contributed by atoms with Crippen molar-refractivity contribution in [2.45, 2.75) is 18.9 Å². The van der Waals surface area contributed by atoms with Crippen LogP contribution in [0.3, 0.4) is 0 Å². The van der Waals surface area contributed by atoms with Crippen LogP contribution in [-0.4, -0.2) is 16.0 Å². The summed E-state index contributed by atoms with van der Waals surface area (Å²) in [6, 6.07) is 18.5. The molecule has 3 rings (SSSR count). The van der Waals surface area contributed by atoms with Crippen LogP contribution in [0.4, 0.5) is 5.69 Å². The van der Waals surface area contributed by atoms with Crippen molar-refractivity contribution in [2.75, 3.05) is 5.32 Å². The number of carbonyl (C=O) groups excluding carboxylic acids is 1. The molecule has 1 unspecified atom stereocenters. The van der Waals surface area contributed by atoms with Crippen molar-refractivity contribution in [1.82, 2.24) is 4.98 Å². The number of fused-ring (bicyclic) bond motifs is 1. The van der Waals surface area contributed by atoms with Crippen molar-refractivity contribution in [2.24, 2.45) is 0 Å². The van der Waals surface area contributed by atoms with Gasteiger partial charge >= 0.3 is 0 Å². The molecule has 1 aromatic heterocycles. The summed E-state index contributed by atoms with van der Waals surface area (Å²) in [5, 5.41) is 14.3. The fourth-order valence-electron chi connectivity index (χ4n) is 2.57. The van der Waals surface area contributed by atoms with Gasteiger partial charge in [-0.05, 0) is 36.8 Å². The number of anilines is 1. The van der Waals surface area contributed by atoms with Crippen LogP contribution in [0, 0.1) is 0 Å². The van der Waals surface area contributed by atoms with E-state index in [-0.39, 0.29) is 12.3 Å². The van der Waals surface area contributed by atoms with Gasteiger partial charge in [0, 0.05) is 17.3 Å². The van der Waals surface area contributed by atoms with Gasteiger partial charge in [0.1, 0.15) is 0 Å². The first-order chi connectivity index (χ1) is 11.0. The first kappa shape index (κ1) is 15.2. The average molecular weight is 306 g/mol. The minimum Gasteiger partial charge on any atom is -0.385 e. The van der Waals surface area contributed by atoms with Gasteiger partial charge in [-0.1, -0.05) is 36.4 Å². The van der Waals surface area contributed by atoms with Crippen LogP contribution in [0.1, 0.15) is 18.9 Å². The molecule has 1 amide bonds. The largest absolute Gasteiger partial charge is 0.385 e. The summed E-state index contributed by atoms with van der Waals surface area (Å²) < 4.78 is 0. The molecule has 0 saturated heterocycles. The smallest absolute Gasteiger partial charge is 0.227 e. The number of hydrogen-bond donors (Lipinski definition) is 2. The Morgan fingerprint density at radius 1 is 1.13 bits per heavy atom. The van der Waals surface area contributed by atoms with Crippen molar-refractivity contribution >= 4 is 22.5 Å². The third-order valence-corrected chi connectivity index (χ3v) is 3.79. The Bertz CT molecular complexity index is 829. The van der Waals surface area contributed by atoms with E-state index in [0.717, 1.165) is 16.5 Å². The average Bonchev–Trinajstić information content (AvgIpc) is 2.55. The van der Waals surface area contributed by atoms with Gasteiger partial charge in [0.2, 0.25) is 5.91 Å². The molecule has 0 bridgehead atoms. The van der Waals surface area contributed by atoms with Crippen LogP contribution in [0.2, 0.25) is 0 Å². The predicted octanol–water partition coefficient (Wildman–Crippen LogP) is 3.47. The van der Waals surface area contributed by atoms with E-state index >= 15 is 0 Å². The van der Waals surface area contributed by atoms with Crippen molar-refractivity contribution in [3.63, 3.8) is 0 Å². The zero-order valence-corrected chi connectivity index (χ0v) is 12.9. The molecule has 23 heavy (non-hydrogen) atoms. The highest BCUT2D eigenvalue weighted by atomic mass is 16.3. The molecule has 1 atom stereocenters. The van der Waals surface area contributed by atoms with Crippen LogP contribution in [0.15, 0.2) is 66.9 Å². The van der Waals surface area contributed by atoms with E-state index in [1.807, 2.05) is 60.7 Å². The normalized spacial score (nSPS) is 13.5. The lowest BCUT2D eigenvalue weighted by Crippen LogP contribution is -2.28. The fraction of sp³-hybridized carbons (Fsp3) is 0.158. The number of aromatic nitrogens is 1. The van der Waals surface area contributed by atoms with Gasteiger partial charge in [0.15, 0.2) is 0 Å². The molecule has 0 aliphatic carbocycles. The Balaban J connectivity index is 1.73. The molecule has 0 fully saturated rings. The van der Waals surface area contributed by atoms with Gasteiger partial charge in [-0.15, -0.1) is 0 Å². The Morgan fingerprint density at radius 2 is 1.91 bits per heavy atom. The zero-order chi connectivity index (χ0) is 16.3. The third kappa shape index (κ3) is 3.55. The maximum absolute atomic E-state index is 12.3. The van der Waals surface area contributed by atoms with E-state index in [2.05, 4.69) is 10.3 Å². The number of pyridine rings is 1. The zero-order valence-electron chi connectivity index (χ0n) is 12.9. The van der Waals surface area contributed by atoms with Gasteiger partial charge in [-0.2, -0.15) is 0 Å². The number of nitrogens with zero attached hydrogens (tertiary/aromatic N) is 1. The van der Waals surface area contributed by atoms with Gasteiger partial charge in [0.05, 0.1) is 17.5 Å². The number of benzene rings is 2. The fourth-order valence-corrected chi connectivity index (χ4v) is 2.57. The molecule has 2 aromatic carbocycles. The number of aliphatic hydroxyl groups is 1. The first-order valence-electron chi connectivity index (χ1n) is 7.47. The van der Waals surface area contributed by atoms with E-state index in [4.69, 9.17) is 0 Å². The Labute approximate surface area is 134 Å². The van der Waals surface area contributed by atoms with Gasteiger partial charge in [-0.3, -0.25) is 9.78 Å². The molecular weight excluding hydrogens is 288 g/mol. The van der Waals surface area contributed by atoms with Crippen molar-refractivity contribution in [3.8, 4) is 0 Å². The van der Waals surface area contributed by atoms with Crippen molar-refractivity contribution < 1.29 is 9.90 Å². The van der Waals surface area contributed by atoms with E-state index in [1.54, 1.807) is 13.1 Å². The molecule has 0 radical (unpaired) electrons. The van der Waals surface area contributed by atoms with E-state index in [0.29, 0.717) is 5.69 Å². The Hall–Kier alpha value is -2.72. The number of nitrogens with one attached hydrogen (secondary N) is 1. The predicted molar refractivity (Wildman–Crippen MR) is 91.0 cm³/mol. The van der Waals surface area contributed by atoms with Crippen LogP contribution in [0.5, 0.6) is 0 Å². The highest BCUT2D eigenvalue weighted by molar-refractivity contribution is 5.94. The van der Waals surface area contributed by atoms with Crippen molar-refractivity contribution in [1.29, 1.82) is 0 Å². The molecule has 0 spiro atoms. The van der Waals surface area contributed by atoms with Crippen LogP contribution in [-0.2, 0) is 10.4 Å². The van der Waals surface area contributed by atoms with E-state index < -0.39 is 5.60 Å². The SMILES string of the molecule is CC(O)(CC(=O)Nc1ccc2ncccc2c1)c1ccccc1. The minimum absolute atomic E-state index is 0.0118. The molecular formula is C19H18N2O2. The van der Waals surface area contributed by atoms with Crippen molar-refractivity contribution in [3.05, 3.63) is 72.4 Å². The molecule has 0 aliphatic heterocycles.